The molecule has 1 aliphatic rings. The Morgan fingerprint density at radius 2 is 1.70 bits per heavy atom. The molecule has 23 heavy (non-hydrogen) atoms. The number of amides is 1. The van der Waals surface area contributed by atoms with Crippen LogP contribution in [0.3, 0.4) is 0 Å². The lowest BCUT2D eigenvalue weighted by molar-refractivity contribution is 0.0758. The van der Waals surface area contributed by atoms with Crippen LogP contribution in [0.15, 0.2) is 64.1 Å². The summed E-state index contributed by atoms with van der Waals surface area (Å²) in [6.45, 7) is 3.79. The van der Waals surface area contributed by atoms with Gasteiger partial charge in [0, 0.05) is 15.6 Å². The van der Waals surface area contributed by atoms with Crippen LogP contribution in [0, 0.1) is 0 Å². The molecule has 3 nitrogen and oxygen atoms in total. The maximum atomic E-state index is 12.9. The van der Waals surface area contributed by atoms with Crippen LogP contribution in [0.5, 0.6) is 0 Å². The van der Waals surface area contributed by atoms with Crippen molar-refractivity contribution in [1.82, 2.24) is 4.90 Å². The van der Waals surface area contributed by atoms with E-state index in [4.69, 9.17) is 17.2 Å². The molecule has 2 aromatic rings. The predicted molar refractivity (Wildman–Crippen MR) is 100.0 cm³/mol. The van der Waals surface area contributed by atoms with E-state index in [1.54, 1.807) is 17.0 Å². The molecule has 0 aliphatic carbocycles. The molecule has 0 fully saturated rings. The third kappa shape index (κ3) is 2.99. The second kappa shape index (κ2) is 5.98. The van der Waals surface area contributed by atoms with Gasteiger partial charge in [0.15, 0.2) is 0 Å². The molecule has 0 N–H and O–H groups in total. The largest absolute Gasteiger partial charge is 0.272 e. The minimum absolute atomic E-state index is 0.128. The molecule has 116 valence electrons. The molecule has 3 rings (SSSR count). The standard InChI is InChI=1S/C18H15BrN2OS/c1-18(2)20-15(12-8-10-14(19)11-9-12)17(23)21(18)16(22)13-6-4-3-5-7-13/h3-11H,1-2H3. The van der Waals surface area contributed by atoms with Crippen molar-refractivity contribution in [1.29, 1.82) is 0 Å². The van der Waals surface area contributed by atoms with Crippen molar-refractivity contribution in [3.63, 3.8) is 0 Å². The van der Waals surface area contributed by atoms with Crippen LogP contribution >= 0.6 is 28.1 Å². The Hall–Kier alpha value is -1.85. The second-order valence-corrected chi connectivity index (χ2v) is 7.08. The second-order valence-electron chi connectivity index (χ2n) is 5.77. The van der Waals surface area contributed by atoms with Crippen molar-refractivity contribution in [2.45, 2.75) is 19.5 Å². The number of nitrogens with zero attached hydrogens (tertiary/aromatic N) is 2. The van der Waals surface area contributed by atoms with Gasteiger partial charge in [-0.3, -0.25) is 14.7 Å². The molecule has 0 bridgehead atoms. The third-order valence-corrected chi connectivity index (χ3v) is 4.58. The van der Waals surface area contributed by atoms with Gasteiger partial charge in [-0.1, -0.05) is 58.5 Å². The van der Waals surface area contributed by atoms with E-state index >= 15 is 0 Å². The first kappa shape index (κ1) is 16.0. The fourth-order valence-corrected chi connectivity index (χ4v) is 3.31. The van der Waals surface area contributed by atoms with Gasteiger partial charge in [0.05, 0.1) is 0 Å². The van der Waals surface area contributed by atoms with E-state index in [1.165, 1.54) is 0 Å². The highest BCUT2D eigenvalue weighted by Crippen LogP contribution is 2.29. The SMILES string of the molecule is CC1(C)N=C(c2ccc(Br)cc2)C(=S)N1C(=O)c1ccccc1. The lowest BCUT2D eigenvalue weighted by Crippen LogP contribution is -2.46. The van der Waals surface area contributed by atoms with E-state index in [2.05, 4.69) is 15.9 Å². The molecule has 0 radical (unpaired) electrons. The van der Waals surface area contributed by atoms with Gasteiger partial charge in [-0.15, -0.1) is 0 Å². The lowest BCUT2D eigenvalue weighted by Gasteiger charge is -2.29. The summed E-state index contributed by atoms with van der Waals surface area (Å²) in [5.41, 5.74) is 1.50. The van der Waals surface area contributed by atoms with Crippen LogP contribution in [0.1, 0.15) is 29.8 Å². The number of aliphatic imine (C=N–C) groups is 1. The summed E-state index contributed by atoms with van der Waals surface area (Å²) in [6, 6.07) is 16.9. The van der Waals surface area contributed by atoms with Gasteiger partial charge >= 0.3 is 0 Å². The van der Waals surface area contributed by atoms with Gasteiger partial charge in [0.25, 0.3) is 5.91 Å². The average molecular weight is 387 g/mol. The van der Waals surface area contributed by atoms with Crippen LogP contribution in [0.4, 0.5) is 0 Å². The third-order valence-electron chi connectivity index (χ3n) is 3.68. The highest BCUT2D eigenvalue weighted by Gasteiger charge is 2.42. The van der Waals surface area contributed by atoms with Gasteiger partial charge in [-0.2, -0.15) is 0 Å². The number of carbonyl (C=O) groups excluding carboxylic acids is 1. The van der Waals surface area contributed by atoms with E-state index in [0.29, 0.717) is 16.3 Å². The number of carbonyl (C=O) groups is 1. The Morgan fingerprint density at radius 3 is 2.30 bits per heavy atom. The summed E-state index contributed by atoms with van der Waals surface area (Å²) in [6.07, 6.45) is 0. The monoisotopic (exact) mass is 386 g/mol. The number of benzene rings is 2. The van der Waals surface area contributed by atoms with Crippen LogP contribution < -0.4 is 0 Å². The fourth-order valence-electron chi connectivity index (χ4n) is 2.57. The topological polar surface area (TPSA) is 32.7 Å². The predicted octanol–water partition coefficient (Wildman–Crippen LogP) is 4.46. The minimum Gasteiger partial charge on any atom is -0.272 e. The van der Waals surface area contributed by atoms with Gasteiger partial charge in [0.2, 0.25) is 0 Å². The molecule has 0 atom stereocenters. The maximum absolute atomic E-state index is 12.9. The molecule has 5 heteroatoms. The smallest absolute Gasteiger partial charge is 0.260 e. The Balaban J connectivity index is 1.98. The molecule has 0 aromatic heterocycles. The van der Waals surface area contributed by atoms with E-state index in [9.17, 15) is 4.79 Å². The number of rotatable bonds is 2. The van der Waals surface area contributed by atoms with Crippen molar-refractivity contribution in [3.05, 3.63) is 70.2 Å². The van der Waals surface area contributed by atoms with Crippen LogP contribution in [0.25, 0.3) is 0 Å². The van der Waals surface area contributed by atoms with Gasteiger partial charge in [-0.25, -0.2) is 0 Å². The quantitative estimate of drug-likeness (QED) is 0.713. The zero-order valence-corrected chi connectivity index (χ0v) is 15.2. The first-order chi connectivity index (χ1) is 10.9. The highest BCUT2D eigenvalue weighted by atomic mass is 79.9. The molecule has 1 amide bonds. The van der Waals surface area contributed by atoms with Crippen molar-refractivity contribution in [2.75, 3.05) is 0 Å². The summed E-state index contributed by atoms with van der Waals surface area (Å²) in [5, 5.41) is 0. The van der Waals surface area contributed by atoms with Gasteiger partial charge in [-0.05, 0) is 38.1 Å². The zero-order valence-electron chi connectivity index (χ0n) is 12.8. The normalized spacial score (nSPS) is 16.4. The summed E-state index contributed by atoms with van der Waals surface area (Å²) in [5.74, 6) is -0.128. The molecule has 0 saturated heterocycles. The Morgan fingerprint density at radius 1 is 1.09 bits per heavy atom. The maximum Gasteiger partial charge on any atom is 0.260 e. The summed E-state index contributed by atoms with van der Waals surface area (Å²) < 4.78 is 0.988. The number of hydrogen-bond acceptors (Lipinski definition) is 3. The average Bonchev–Trinajstić information content (AvgIpc) is 2.78. The zero-order chi connectivity index (χ0) is 16.6. The van der Waals surface area contributed by atoms with Crippen molar-refractivity contribution in [3.8, 4) is 0 Å². The number of halogens is 1. The van der Waals surface area contributed by atoms with Crippen molar-refractivity contribution >= 4 is 44.8 Å². The van der Waals surface area contributed by atoms with Gasteiger partial charge in [0.1, 0.15) is 16.4 Å². The fraction of sp³-hybridized carbons (Fsp3) is 0.167. The first-order valence-electron chi connectivity index (χ1n) is 7.20. The Labute approximate surface area is 149 Å². The van der Waals surface area contributed by atoms with E-state index < -0.39 is 5.66 Å². The summed E-state index contributed by atoms with van der Waals surface area (Å²) in [7, 11) is 0. The van der Waals surface area contributed by atoms with Crippen molar-refractivity contribution < 1.29 is 4.79 Å². The molecule has 0 unspecified atom stereocenters. The van der Waals surface area contributed by atoms with Gasteiger partial charge < -0.3 is 0 Å². The van der Waals surface area contributed by atoms with Crippen LogP contribution in [0.2, 0.25) is 0 Å². The van der Waals surface area contributed by atoms with Crippen molar-refractivity contribution in [2.24, 2.45) is 4.99 Å². The van der Waals surface area contributed by atoms with E-state index in [0.717, 1.165) is 10.0 Å². The molecule has 0 spiro atoms. The first-order valence-corrected chi connectivity index (χ1v) is 8.40. The highest BCUT2D eigenvalue weighted by molar-refractivity contribution is 9.10. The molecular weight excluding hydrogens is 372 g/mol. The van der Waals surface area contributed by atoms with E-state index in [-0.39, 0.29) is 5.91 Å². The van der Waals surface area contributed by atoms with E-state index in [1.807, 2.05) is 56.3 Å². The lowest BCUT2D eigenvalue weighted by atomic mass is 10.1. The Kier molecular flexibility index (Phi) is 4.17. The summed E-state index contributed by atoms with van der Waals surface area (Å²) in [4.78, 5) is 19.6. The number of thiocarbonyl (C=S) groups is 1. The molecule has 0 saturated carbocycles. The molecule has 1 heterocycles. The molecular formula is C18H15BrN2OS. The Bertz CT molecular complexity index is 798. The number of hydrogen-bond donors (Lipinski definition) is 0. The van der Waals surface area contributed by atoms with Crippen LogP contribution in [-0.4, -0.2) is 27.2 Å². The molecule has 2 aromatic carbocycles. The molecule has 1 aliphatic heterocycles. The summed E-state index contributed by atoms with van der Waals surface area (Å²) >= 11 is 8.98. The van der Waals surface area contributed by atoms with Crippen LogP contribution in [-0.2, 0) is 0 Å². The minimum atomic E-state index is -0.702.